The van der Waals surface area contributed by atoms with Crippen molar-refractivity contribution in [1.29, 1.82) is 5.26 Å². The van der Waals surface area contributed by atoms with Crippen LogP contribution in [-0.4, -0.2) is 25.8 Å². The molecule has 1 aromatic rings. The summed E-state index contributed by atoms with van der Waals surface area (Å²) in [5.74, 6) is 0.00566. The highest BCUT2D eigenvalue weighted by Gasteiger charge is 2.28. The third-order valence-corrected chi connectivity index (χ3v) is 5.58. The fraction of sp³-hybridized carbons (Fsp3) is 0.500. The van der Waals surface area contributed by atoms with Crippen LogP contribution < -0.4 is 0 Å². The van der Waals surface area contributed by atoms with Crippen molar-refractivity contribution in [3.05, 3.63) is 35.4 Å². The first-order valence-corrected chi connectivity index (χ1v) is 8.08. The van der Waals surface area contributed by atoms with Crippen LogP contribution in [0.15, 0.2) is 24.3 Å². The second-order valence-electron chi connectivity index (χ2n) is 5.02. The molecule has 0 aliphatic heterocycles. The molecular formula is C14H18N2O2S. The normalized spacial score (nSPS) is 16.7. The second-order valence-corrected chi connectivity index (χ2v) is 7.05. The second kappa shape index (κ2) is 5.72. The Kier molecular flexibility index (Phi) is 4.23. The predicted molar refractivity (Wildman–Crippen MR) is 73.8 cm³/mol. The quantitative estimate of drug-likeness (QED) is 0.848. The molecule has 0 saturated heterocycles. The van der Waals surface area contributed by atoms with E-state index in [0.717, 1.165) is 31.2 Å². The predicted octanol–water partition coefficient (Wildman–Crippen LogP) is 2.26. The van der Waals surface area contributed by atoms with Crippen molar-refractivity contribution in [2.45, 2.75) is 37.5 Å². The summed E-state index contributed by atoms with van der Waals surface area (Å²) in [7, 11) is -1.59. The first-order chi connectivity index (χ1) is 9.03. The van der Waals surface area contributed by atoms with Crippen molar-refractivity contribution in [3.63, 3.8) is 0 Å². The van der Waals surface area contributed by atoms with Gasteiger partial charge in [-0.2, -0.15) is 5.26 Å². The molecule has 0 unspecified atom stereocenters. The van der Waals surface area contributed by atoms with Gasteiger partial charge in [0, 0.05) is 13.1 Å². The molecule has 2 rings (SSSR count). The van der Waals surface area contributed by atoms with E-state index in [2.05, 4.69) is 0 Å². The van der Waals surface area contributed by atoms with Gasteiger partial charge in [0.25, 0.3) is 0 Å². The molecule has 0 N–H and O–H groups in total. The lowest BCUT2D eigenvalue weighted by molar-refractivity contribution is 0.372. The van der Waals surface area contributed by atoms with Gasteiger partial charge < -0.3 is 0 Å². The molecule has 1 aliphatic carbocycles. The lowest BCUT2D eigenvalue weighted by Crippen LogP contribution is -2.36. The third kappa shape index (κ3) is 3.34. The first kappa shape index (κ1) is 14.0. The molecule has 1 fully saturated rings. The Balaban J connectivity index is 2.09. The van der Waals surface area contributed by atoms with Crippen LogP contribution in [0.2, 0.25) is 0 Å². The fourth-order valence-electron chi connectivity index (χ4n) is 2.48. The van der Waals surface area contributed by atoms with Crippen molar-refractivity contribution in [2.75, 3.05) is 7.05 Å². The minimum atomic E-state index is -3.27. The van der Waals surface area contributed by atoms with Gasteiger partial charge in [0.2, 0.25) is 10.0 Å². The van der Waals surface area contributed by atoms with Gasteiger partial charge in [0.05, 0.1) is 17.4 Å². The van der Waals surface area contributed by atoms with Gasteiger partial charge in [-0.3, -0.25) is 0 Å². The van der Waals surface area contributed by atoms with Gasteiger partial charge in [-0.1, -0.05) is 25.0 Å². The summed E-state index contributed by atoms with van der Waals surface area (Å²) in [6.07, 6.45) is 4.15. The van der Waals surface area contributed by atoms with Crippen molar-refractivity contribution in [3.8, 4) is 6.07 Å². The maximum atomic E-state index is 12.3. The van der Waals surface area contributed by atoms with Crippen molar-refractivity contribution >= 4 is 10.0 Å². The molecule has 5 heteroatoms. The number of rotatable bonds is 4. The summed E-state index contributed by atoms with van der Waals surface area (Å²) in [6, 6.07) is 8.90. The van der Waals surface area contributed by atoms with Gasteiger partial charge in [-0.15, -0.1) is 0 Å². The standard InChI is InChI=1S/C14H18N2O2S/c1-16(14-4-2-3-5-14)19(17,18)11-13-8-6-12(10-15)7-9-13/h6-9,14H,2-5,11H2,1H3. The van der Waals surface area contributed by atoms with Crippen LogP contribution >= 0.6 is 0 Å². The molecule has 0 atom stereocenters. The van der Waals surface area contributed by atoms with Crippen LogP contribution in [0.3, 0.4) is 0 Å². The number of nitrogens with zero attached hydrogens (tertiary/aromatic N) is 2. The van der Waals surface area contributed by atoms with E-state index in [4.69, 9.17) is 5.26 Å². The number of hydrogen-bond acceptors (Lipinski definition) is 3. The van der Waals surface area contributed by atoms with E-state index >= 15 is 0 Å². The Morgan fingerprint density at radius 3 is 2.37 bits per heavy atom. The summed E-state index contributed by atoms with van der Waals surface area (Å²) in [6.45, 7) is 0. The fourth-order valence-corrected chi connectivity index (χ4v) is 3.97. The van der Waals surface area contributed by atoms with Crippen LogP contribution in [0.1, 0.15) is 36.8 Å². The molecule has 0 amide bonds. The molecule has 1 aliphatic rings. The highest BCUT2D eigenvalue weighted by atomic mass is 32.2. The molecule has 102 valence electrons. The van der Waals surface area contributed by atoms with Crippen molar-refractivity contribution in [1.82, 2.24) is 4.31 Å². The van der Waals surface area contributed by atoms with E-state index in [-0.39, 0.29) is 11.8 Å². The molecule has 4 nitrogen and oxygen atoms in total. The average Bonchev–Trinajstić information content (AvgIpc) is 2.92. The van der Waals surface area contributed by atoms with E-state index < -0.39 is 10.0 Å². The largest absolute Gasteiger partial charge is 0.218 e. The van der Waals surface area contributed by atoms with Crippen LogP contribution in [0.5, 0.6) is 0 Å². The molecule has 0 heterocycles. The number of sulfonamides is 1. The van der Waals surface area contributed by atoms with Crippen LogP contribution in [-0.2, 0) is 15.8 Å². The van der Waals surface area contributed by atoms with Crippen molar-refractivity contribution in [2.24, 2.45) is 0 Å². The highest BCUT2D eigenvalue weighted by molar-refractivity contribution is 7.88. The minimum Gasteiger partial charge on any atom is -0.212 e. The van der Waals surface area contributed by atoms with Gasteiger partial charge >= 0.3 is 0 Å². The number of hydrogen-bond donors (Lipinski definition) is 0. The molecule has 0 spiro atoms. The monoisotopic (exact) mass is 278 g/mol. The van der Waals surface area contributed by atoms with E-state index in [9.17, 15) is 8.42 Å². The lowest BCUT2D eigenvalue weighted by Gasteiger charge is -2.23. The summed E-state index contributed by atoms with van der Waals surface area (Å²) in [5.41, 5.74) is 1.27. The Hall–Kier alpha value is -1.38. The SMILES string of the molecule is CN(C1CCCC1)S(=O)(=O)Cc1ccc(C#N)cc1. The first-order valence-electron chi connectivity index (χ1n) is 6.48. The number of benzene rings is 1. The van der Waals surface area contributed by atoms with Crippen LogP contribution in [0, 0.1) is 11.3 Å². The molecule has 0 radical (unpaired) electrons. The summed E-state index contributed by atoms with van der Waals surface area (Å²) < 4.78 is 26.1. The maximum absolute atomic E-state index is 12.3. The molecule has 0 bridgehead atoms. The summed E-state index contributed by atoms with van der Waals surface area (Å²) in [4.78, 5) is 0. The van der Waals surface area contributed by atoms with E-state index in [1.807, 2.05) is 6.07 Å². The van der Waals surface area contributed by atoms with Gasteiger partial charge in [0.15, 0.2) is 0 Å². The van der Waals surface area contributed by atoms with Crippen molar-refractivity contribution < 1.29 is 8.42 Å². The molecule has 1 saturated carbocycles. The summed E-state index contributed by atoms with van der Waals surface area (Å²) >= 11 is 0. The Morgan fingerprint density at radius 2 is 1.84 bits per heavy atom. The Labute approximate surface area is 114 Å². The van der Waals surface area contributed by atoms with E-state index in [1.165, 1.54) is 4.31 Å². The lowest BCUT2D eigenvalue weighted by atomic mass is 10.2. The minimum absolute atomic E-state index is 0.00566. The molecular weight excluding hydrogens is 260 g/mol. The maximum Gasteiger partial charge on any atom is 0.218 e. The molecule has 1 aromatic carbocycles. The average molecular weight is 278 g/mol. The highest BCUT2D eigenvalue weighted by Crippen LogP contribution is 2.25. The number of nitriles is 1. The molecule has 0 aromatic heterocycles. The molecule has 19 heavy (non-hydrogen) atoms. The zero-order chi connectivity index (χ0) is 13.9. The zero-order valence-electron chi connectivity index (χ0n) is 11.0. The Bertz CT molecular complexity index is 566. The summed E-state index contributed by atoms with van der Waals surface area (Å²) in [5, 5.41) is 8.72. The smallest absolute Gasteiger partial charge is 0.212 e. The van der Waals surface area contributed by atoms with Gasteiger partial charge in [-0.25, -0.2) is 12.7 Å². The van der Waals surface area contributed by atoms with Crippen LogP contribution in [0.4, 0.5) is 0 Å². The van der Waals surface area contributed by atoms with Gasteiger partial charge in [-0.05, 0) is 30.5 Å². The van der Waals surface area contributed by atoms with Crippen LogP contribution in [0.25, 0.3) is 0 Å². The Morgan fingerprint density at radius 1 is 1.26 bits per heavy atom. The zero-order valence-corrected chi connectivity index (χ0v) is 11.9. The van der Waals surface area contributed by atoms with Gasteiger partial charge in [0.1, 0.15) is 0 Å². The van der Waals surface area contributed by atoms with E-state index in [1.54, 1.807) is 31.3 Å². The third-order valence-electron chi connectivity index (χ3n) is 3.71. The van der Waals surface area contributed by atoms with E-state index in [0.29, 0.717) is 5.56 Å². The topological polar surface area (TPSA) is 61.2 Å².